The van der Waals surface area contributed by atoms with Crippen LogP contribution in [0.25, 0.3) is 0 Å². The van der Waals surface area contributed by atoms with Crippen LogP contribution in [0.5, 0.6) is 0 Å². The number of rotatable bonds is 9. The van der Waals surface area contributed by atoms with Crippen molar-refractivity contribution in [1.82, 2.24) is 10.2 Å². The first-order valence-electron chi connectivity index (χ1n) is 8.25. The van der Waals surface area contributed by atoms with Gasteiger partial charge in [-0.1, -0.05) is 42.2 Å². The zero-order valence-corrected chi connectivity index (χ0v) is 18.2. The van der Waals surface area contributed by atoms with E-state index in [9.17, 15) is 22.4 Å². The maximum absolute atomic E-state index is 14.2. The average molecular weight is 463 g/mol. The van der Waals surface area contributed by atoms with E-state index in [1.54, 1.807) is 6.92 Å². The molecule has 0 bridgehead atoms. The number of sulfonamides is 1. The van der Waals surface area contributed by atoms with Gasteiger partial charge in [-0.25, -0.2) is 12.8 Å². The van der Waals surface area contributed by atoms with Gasteiger partial charge in [0.2, 0.25) is 21.1 Å². The fourth-order valence-corrected chi connectivity index (χ4v) is 5.15. The molecule has 0 unspecified atom stereocenters. The summed E-state index contributed by atoms with van der Waals surface area (Å²) in [5, 5.41) is 10.3. The lowest BCUT2D eigenvalue weighted by atomic mass is 10.2. The first-order chi connectivity index (χ1) is 13.7. The van der Waals surface area contributed by atoms with Crippen molar-refractivity contribution in [2.75, 3.05) is 28.7 Å². The molecule has 13 heteroatoms. The van der Waals surface area contributed by atoms with E-state index < -0.39 is 33.8 Å². The molecule has 0 aliphatic rings. The summed E-state index contributed by atoms with van der Waals surface area (Å²) in [5.41, 5.74) is -0.219. The predicted octanol–water partition coefficient (Wildman–Crippen LogP) is 2.13. The molecule has 0 aliphatic carbocycles. The van der Waals surface area contributed by atoms with Crippen LogP contribution in [0.4, 0.5) is 15.2 Å². The normalized spacial score (nSPS) is 12.3. The van der Waals surface area contributed by atoms with Crippen LogP contribution in [0, 0.1) is 5.82 Å². The number of nitrogens with zero attached hydrogens (tertiary/aromatic N) is 3. The van der Waals surface area contributed by atoms with Crippen molar-refractivity contribution in [3.63, 3.8) is 0 Å². The Balaban J connectivity index is 2.21. The highest BCUT2D eigenvalue weighted by atomic mass is 32.2. The molecule has 0 saturated heterocycles. The number of halogens is 1. The second-order valence-electron chi connectivity index (χ2n) is 5.66. The molecule has 0 aliphatic heterocycles. The quantitative estimate of drug-likeness (QED) is 0.342. The van der Waals surface area contributed by atoms with Crippen LogP contribution < -0.4 is 9.62 Å². The zero-order chi connectivity index (χ0) is 21.6. The molecule has 1 amide bonds. The van der Waals surface area contributed by atoms with E-state index in [0.717, 1.165) is 39.7 Å². The number of thioether (sulfide) groups is 1. The van der Waals surface area contributed by atoms with Gasteiger partial charge in [-0.15, -0.1) is 10.2 Å². The number of ether oxygens (including phenoxy) is 1. The van der Waals surface area contributed by atoms with Crippen LogP contribution in [0.3, 0.4) is 0 Å². The second kappa shape index (κ2) is 9.98. The standard InChI is InChI=1S/C16H19FN4O5S3/c1-4-11(21(29(3,24)25)12-8-6-5-7-10(12)17)14(23)18-15-19-20-16(28-15)27-9-13(22)26-2/h5-8,11H,4,9H2,1-3H3,(H,18,19,23)/t11-/m0/s1. The van der Waals surface area contributed by atoms with Crippen molar-refractivity contribution in [3.05, 3.63) is 30.1 Å². The Bertz CT molecular complexity index is 982. The number of nitrogens with one attached hydrogen (secondary N) is 1. The lowest BCUT2D eigenvalue weighted by Gasteiger charge is -2.29. The summed E-state index contributed by atoms with van der Waals surface area (Å²) >= 11 is 2.11. The minimum Gasteiger partial charge on any atom is -0.468 e. The van der Waals surface area contributed by atoms with Crippen LogP contribution in [0.2, 0.25) is 0 Å². The SMILES string of the molecule is CC[C@@H](C(=O)Nc1nnc(SCC(=O)OC)s1)N(c1ccccc1F)S(C)(=O)=O. The highest BCUT2D eigenvalue weighted by molar-refractivity contribution is 8.01. The van der Waals surface area contributed by atoms with Crippen molar-refractivity contribution in [1.29, 1.82) is 0 Å². The molecule has 158 valence electrons. The molecule has 29 heavy (non-hydrogen) atoms. The molecular formula is C16H19FN4O5S3. The van der Waals surface area contributed by atoms with Crippen LogP contribution in [0.1, 0.15) is 13.3 Å². The van der Waals surface area contributed by atoms with E-state index in [1.165, 1.54) is 25.3 Å². The molecule has 1 aromatic heterocycles. The number of amides is 1. The Hall–Kier alpha value is -2.25. The Morgan fingerprint density at radius 1 is 1.34 bits per heavy atom. The molecule has 0 saturated carbocycles. The average Bonchev–Trinajstić information content (AvgIpc) is 3.11. The van der Waals surface area contributed by atoms with Crippen LogP contribution in [-0.4, -0.2) is 55.7 Å². The van der Waals surface area contributed by atoms with Crippen LogP contribution in [-0.2, 0) is 24.3 Å². The van der Waals surface area contributed by atoms with Gasteiger partial charge in [0, 0.05) is 0 Å². The lowest BCUT2D eigenvalue weighted by molar-refractivity contribution is -0.137. The third-order valence-electron chi connectivity index (χ3n) is 3.60. The molecule has 1 heterocycles. The molecule has 1 aromatic carbocycles. The van der Waals surface area contributed by atoms with Gasteiger partial charge in [0.05, 0.1) is 24.8 Å². The van der Waals surface area contributed by atoms with E-state index in [1.807, 2.05) is 0 Å². The molecular weight excluding hydrogens is 443 g/mol. The van der Waals surface area contributed by atoms with Crippen molar-refractivity contribution >= 4 is 55.8 Å². The second-order valence-corrected chi connectivity index (χ2v) is 9.72. The van der Waals surface area contributed by atoms with Crippen molar-refractivity contribution < 1.29 is 27.1 Å². The first kappa shape index (κ1) is 23.0. The van der Waals surface area contributed by atoms with Gasteiger partial charge in [-0.05, 0) is 18.6 Å². The van der Waals surface area contributed by atoms with Gasteiger partial charge in [0.15, 0.2) is 4.34 Å². The Morgan fingerprint density at radius 2 is 2.03 bits per heavy atom. The van der Waals surface area contributed by atoms with Gasteiger partial charge < -0.3 is 4.74 Å². The molecule has 2 rings (SSSR count). The van der Waals surface area contributed by atoms with Crippen LogP contribution in [0.15, 0.2) is 28.6 Å². The number of carbonyl (C=O) groups is 2. The number of aromatic nitrogens is 2. The number of anilines is 2. The molecule has 9 nitrogen and oxygen atoms in total. The van der Waals surface area contributed by atoms with E-state index in [4.69, 9.17) is 0 Å². The summed E-state index contributed by atoms with van der Waals surface area (Å²) in [6, 6.07) is 4.12. The van der Waals surface area contributed by atoms with Gasteiger partial charge >= 0.3 is 5.97 Å². The summed E-state index contributed by atoms with van der Waals surface area (Å²) in [6.07, 6.45) is 0.998. The summed E-state index contributed by atoms with van der Waals surface area (Å²) in [7, 11) is -2.69. The van der Waals surface area contributed by atoms with E-state index in [2.05, 4.69) is 20.3 Å². The molecule has 1 N–H and O–H groups in total. The summed E-state index contributed by atoms with van der Waals surface area (Å²) in [5.74, 6) is -1.84. The molecule has 2 aromatic rings. The minimum atomic E-state index is -3.96. The zero-order valence-electron chi connectivity index (χ0n) is 15.8. The summed E-state index contributed by atoms with van der Waals surface area (Å²) in [6.45, 7) is 1.61. The molecule has 0 spiro atoms. The monoisotopic (exact) mass is 462 g/mol. The number of esters is 1. The molecule has 0 radical (unpaired) electrons. The van der Waals surface area contributed by atoms with Gasteiger partial charge in [0.25, 0.3) is 0 Å². The number of para-hydroxylation sites is 1. The number of methoxy groups -OCH3 is 1. The van der Waals surface area contributed by atoms with Gasteiger partial charge in [0.1, 0.15) is 11.9 Å². The van der Waals surface area contributed by atoms with Crippen molar-refractivity contribution in [3.8, 4) is 0 Å². The highest BCUT2D eigenvalue weighted by Crippen LogP contribution is 2.28. The number of benzene rings is 1. The van der Waals surface area contributed by atoms with E-state index in [-0.39, 0.29) is 23.0 Å². The number of hydrogen-bond donors (Lipinski definition) is 1. The molecule has 0 fully saturated rings. The van der Waals surface area contributed by atoms with E-state index >= 15 is 0 Å². The summed E-state index contributed by atoms with van der Waals surface area (Å²) < 4.78 is 44.6. The van der Waals surface area contributed by atoms with E-state index in [0.29, 0.717) is 4.34 Å². The van der Waals surface area contributed by atoms with Crippen LogP contribution >= 0.6 is 23.1 Å². The van der Waals surface area contributed by atoms with Gasteiger partial charge in [-0.2, -0.15) is 0 Å². The maximum atomic E-state index is 14.2. The maximum Gasteiger partial charge on any atom is 0.316 e. The number of hydrogen-bond acceptors (Lipinski definition) is 9. The third kappa shape index (κ3) is 6.11. The third-order valence-corrected chi connectivity index (χ3v) is 6.71. The lowest BCUT2D eigenvalue weighted by Crippen LogP contribution is -2.47. The van der Waals surface area contributed by atoms with Crippen molar-refractivity contribution in [2.24, 2.45) is 0 Å². The minimum absolute atomic E-state index is 0.0335. The van der Waals surface area contributed by atoms with Gasteiger partial charge in [-0.3, -0.25) is 19.2 Å². The van der Waals surface area contributed by atoms with Crippen molar-refractivity contribution in [2.45, 2.75) is 23.7 Å². The Morgan fingerprint density at radius 3 is 2.62 bits per heavy atom. The predicted molar refractivity (Wildman–Crippen MR) is 109 cm³/mol. The Labute approximate surface area is 175 Å². The molecule has 1 atom stereocenters. The highest BCUT2D eigenvalue weighted by Gasteiger charge is 2.33. The fourth-order valence-electron chi connectivity index (χ4n) is 2.35. The smallest absolute Gasteiger partial charge is 0.316 e. The first-order valence-corrected chi connectivity index (χ1v) is 11.9. The summed E-state index contributed by atoms with van der Waals surface area (Å²) in [4.78, 5) is 23.9. The topological polar surface area (TPSA) is 119 Å². The fraction of sp³-hybridized carbons (Fsp3) is 0.375. The number of carbonyl (C=O) groups excluding carboxylic acids is 2. The largest absolute Gasteiger partial charge is 0.468 e. The Kier molecular flexibility index (Phi) is 7.93.